The Labute approximate surface area is 59.8 Å². The lowest BCUT2D eigenvalue weighted by Crippen LogP contribution is -2.01. The maximum atomic E-state index is 5.52. The smallest absolute Gasteiger partial charge is 0.0784 e. The van der Waals surface area contributed by atoms with E-state index in [0.717, 1.165) is 0 Å². The Bertz CT molecular complexity index is 228. The first-order valence-electron chi connectivity index (χ1n) is 2.88. The van der Waals surface area contributed by atoms with Crippen LogP contribution in [0.25, 0.3) is 0 Å². The fourth-order valence-electron chi connectivity index (χ4n) is 0.698. The average molecular weight is 136 g/mol. The van der Waals surface area contributed by atoms with Crippen LogP contribution in [0.2, 0.25) is 0 Å². The summed E-state index contributed by atoms with van der Waals surface area (Å²) >= 11 is 0. The van der Waals surface area contributed by atoms with E-state index in [-0.39, 0.29) is 0 Å². The molecule has 0 amide bonds. The average Bonchev–Trinajstić information content (AvgIpc) is 1.93. The van der Waals surface area contributed by atoms with Crippen LogP contribution in [0.3, 0.4) is 0 Å². The molecule has 1 aromatic carbocycles. The highest BCUT2D eigenvalue weighted by molar-refractivity contribution is 5.79. The third-order valence-corrected chi connectivity index (χ3v) is 1.41. The predicted molar refractivity (Wildman–Crippen MR) is 44.1 cm³/mol. The monoisotopic (exact) mass is 136 g/mol. The summed E-state index contributed by atoms with van der Waals surface area (Å²) in [5.41, 5.74) is 18.6. The molecular weight excluding hydrogens is 126 g/mol. The van der Waals surface area contributed by atoms with Crippen LogP contribution in [0, 0.1) is 6.92 Å². The van der Waals surface area contributed by atoms with Crippen LogP contribution in [-0.4, -0.2) is 0 Å². The van der Waals surface area contributed by atoms with Crippen molar-refractivity contribution in [3.05, 3.63) is 24.6 Å². The lowest BCUT2D eigenvalue weighted by Gasteiger charge is -2.05. The van der Waals surface area contributed by atoms with Gasteiger partial charge in [0.25, 0.3) is 0 Å². The highest BCUT2D eigenvalue weighted by atomic mass is 14.7. The fourth-order valence-corrected chi connectivity index (χ4v) is 0.698. The lowest BCUT2D eigenvalue weighted by molar-refractivity contribution is 1.58. The number of hydrogen-bond donors (Lipinski definition) is 3. The van der Waals surface area contributed by atoms with Crippen molar-refractivity contribution in [2.24, 2.45) is 0 Å². The number of nitrogens with two attached hydrogens (primary N) is 3. The topological polar surface area (TPSA) is 78.1 Å². The summed E-state index contributed by atoms with van der Waals surface area (Å²) in [4.78, 5) is 0. The third kappa shape index (κ3) is 0.857. The maximum Gasteiger partial charge on any atom is 0.0784 e. The number of nitrogen functional groups attached to an aromatic ring is 3. The first-order valence-corrected chi connectivity index (χ1v) is 2.88. The molecule has 6 N–H and O–H groups in total. The van der Waals surface area contributed by atoms with E-state index >= 15 is 0 Å². The standard InChI is InChI=1S/C7H10N3/c1-4-2-3-5(8)7(10)6(4)9/h2-3H,1,8-10H2. The second-order valence-corrected chi connectivity index (χ2v) is 2.14. The number of hydrogen-bond acceptors (Lipinski definition) is 3. The third-order valence-electron chi connectivity index (χ3n) is 1.41. The molecule has 0 saturated carbocycles. The van der Waals surface area contributed by atoms with E-state index in [1.807, 2.05) is 0 Å². The second kappa shape index (κ2) is 2.10. The molecule has 3 nitrogen and oxygen atoms in total. The molecule has 0 bridgehead atoms. The molecule has 0 spiro atoms. The van der Waals surface area contributed by atoms with E-state index in [1.54, 1.807) is 12.1 Å². The van der Waals surface area contributed by atoms with Gasteiger partial charge in [0.05, 0.1) is 17.1 Å². The molecule has 1 aromatic rings. The Balaban J connectivity index is 3.34. The van der Waals surface area contributed by atoms with E-state index < -0.39 is 0 Å². The summed E-state index contributed by atoms with van der Waals surface area (Å²) in [6.07, 6.45) is 0. The van der Waals surface area contributed by atoms with E-state index in [4.69, 9.17) is 17.2 Å². The first-order chi connectivity index (χ1) is 4.63. The molecular formula is C7H10N3. The molecule has 0 aromatic heterocycles. The number of rotatable bonds is 0. The van der Waals surface area contributed by atoms with Crippen LogP contribution in [0.4, 0.5) is 17.1 Å². The van der Waals surface area contributed by atoms with Gasteiger partial charge in [-0.2, -0.15) is 0 Å². The Morgan fingerprint density at radius 1 is 1.00 bits per heavy atom. The summed E-state index contributed by atoms with van der Waals surface area (Å²) in [7, 11) is 0. The quantitative estimate of drug-likeness (QED) is 0.457. The molecule has 0 fully saturated rings. The zero-order chi connectivity index (χ0) is 7.72. The largest absolute Gasteiger partial charge is 0.397 e. The minimum absolute atomic E-state index is 0.424. The molecule has 0 aliphatic rings. The molecule has 0 unspecified atom stereocenters. The Morgan fingerprint density at radius 3 is 2.10 bits per heavy atom. The molecule has 10 heavy (non-hydrogen) atoms. The van der Waals surface area contributed by atoms with E-state index in [1.165, 1.54) is 0 Å². The van der Waals surface area contributed by atoms with Gasteiger partial charge < -0.3 is 17.2 Å². The number of benzene rings is 1. The zero-order valence-corrected chi connectivity index (χ0v) is 5.59. The van der Waals surface area contributed by atoms with Gasteiger partial charge in [-0.05, 0) is 18.6 Å². The van der Waals surface area contributed by atoms with Crippen molar-refractivity contribution in [2.75, 3.05) is 17.2 Å². The van der Waals surface area contributed by atoms with Gasteiger partial charge in [0.1, 0.15) is 0 Å². The van der Waals surface area contributed by atoms with E-state index in [9.17, 15) is 0 Å². The molecule has 0 atom stereocenters. The Morgan fingerprint density at radius 2 is 1.60 bits per heavy atom. The maximum absolute atomic E-state index is 5.52. The SMILES string of the molecule is [CH2]c1ccc(N)c(N)c1N. The van der Waals surface area contributed by atoms with Crippen molar-refractivity contribution in [1.82, 2.24) is 0 Å². The van der Waals surface area contributed by atoms with Crippen molar-refractivity contribution in [2.45, 2.75) is 0 Å². The van der Waals surface area contributed by atoms with Crippen molar-refractivity contribution < 1.29 is 0 Å². The van der Waals surface area contributed by atoms with Crippen molar-refractivity contribution in [1.29, 1.82) is 0 Å². The highest BCUT2D eigenvalue weighted by Crippen LogP contribution is 2.24. The summed E-state index contributed by atoms with van der Waals surface area (Å²) in [6, 6.07) is 3.43. The summed E-state index contributed by atoms with van der Waals surface area (Å²) in [5.74, 6) is 0. The highest BCUT2D eigenvalue weighted by Gasteiger charge is 2.00. The molecule has 0 aliphatic carbocycles. The number of anilines is 3. The minimum Gasteiger partial charge on any atom is -0.397 e. The zero-order valence-electron chi connectivity index (χ0n) is 5.59. The van der Waals surface area contributed by atoms with Gasteiger partial charge in [-0.25, -0.2) is 0 Å². The lowest BCUT2D eigenvalue weighted by atomic mass is 10.1. The van der Waals surface area contributed by atoms with Gasteiger partial charge in [0, 0.05) is 0 Å². The van der Waals surface area contributed by atoms with Crippen molar-refractivity contribution >= 4 is 17.1 Å². The fraction of sp³-hybridized carbons (Fsp3) is 0. The van der Waals surface area contributed by atoms with Crippen LogP contribution < -0.4 is 17.2 Å². The van der Waals surface area contributed by atoms with Crippen molar-refractivity contribution in [3.8, 4) is 0 Å². The van der Waals surface area contributed by atoms with Gasteiger partial charge in [-0.15, -0.1) is 0 Å². The van der Waals surface area contributed by atoms with Crippen LogP contribution in [0.15, 0.2) is 12.1 Å². The second-order valence-electron chi connectivity index (χ2n) is 2.14. The van der Waals surface area contributed by atoms with Crippen LogP contribution in [-0.2, 0) is 0 Å². The molecule has 0 saturated heterocycles. The minimum atomic E-state index is 0.424. The van der Waals surface area contributed by atoms with Crippen LogP contribution in [0.1, 0.15) is 5.56 Å². The Kier molecular flexibility index (Phi) is 1.41. The predicted octanol–water partition coefficient (Wildman–Crippen LogP) is 0.615. The van der Waals surface area contributed by atoms with Crippen LogP contribution in [0.5, 0.6) is 0 Å². The first kappa shape index (κ1) is 6.74. The summed E-state index contributed by atoms with van der Waals surface area (Å²) in [6.45, 7) is 3.66. The van der Waals surface area contributed by atoms with E-state index in [0.29, 0.717) is 22.6 Å². The molecule has 1 rings (SSSR count). The molecule has 0 heterocycles. The van der Waals surface area contributed by atoms with Crippen LogP contribution >= 0.6 is 0 Å². The van der Waals surface area contributed by atoms with Gasteiger partial charge in [-0.1, -0.05) is 6.07 Å². The molecule has 1 radical (unpaired) electrons. The molecule has 3 heteroatoms. The van der Waals surface area contributed by atoms with Gasteiger partial charge in [0.15, 0.2) is 0 Å². The summed E-state index contributed by atoms with van der Waals surface area (Å²) in [5, 5.41) is 0. The normalized spacial score (nSPS) is 9.70. The van der Waals surface area contributed by atoms with Gasteiger partial charge in [0.2, 0.25) is 0 Å². The molecule has 0 aliphatic heterocycles. The van der Waals surface area contributed by atoms with Crippen molar-refractivity contribution in [3.63, 3.8) is 0 Å². The van der Waals surface area contributed by atoms with Gasteiger partial charge in [-0.3, -0.25) is 0 Å². The Hall–Kier alpha value is -1.38. The van der Waals surface area contributed by atoms with E-state index in [2.05, 4.69) is 6.92 Å². The molecule has 53 valence electrons. The van der Waals surface area contributed by atoms with Gasteiger partial charge >= 0.3 is 0 Å². The summed E-state index contributed by atoms with van der Waals surface area (Å²) < 4.78 is 0.